The zero-order valence-electron chi connectivity index (χ0n) is 7.66. The predicted octanol–water partition coefficient (Wildman–Crippen LogP) is 2.89. The minimum Gasteiger partial charge on any atom is -0.452 e. The van der Waals surface area contributed by atoms with Gasteiger partial charge < -0.3 is 4.74 Å². The van der Waals surface area contributed by atoms with Gasteiger partial charge in [-0.15, -0.1) is 0 Å². The first-order valence-electron chi connectivity index (χ1n) is 3.99. The monoisotopic (exact) mass is 235 g/mol. The molecule has 1 aromatic rings. The van der Waals surface area contributed by atoms with Crippen LogP contribution in [-0.4, -0.2) is 18.6 Å². The molecular weight excluding hydrogens is 230 g/mol. The Morgan fingerprint density at radius 2 is 2.06 bits per heavy atom. The molecule has 0 aliphatic rings. The predicted molar refractivity (Wildman–Crippen MR) is 45.8 cm³/mol. The molecule has 1 rings (SSSR count). The van der Waals surface area contributed by atoms with Gasteiger partial charge in [0.1, 0.15) is 5.75 Å². The van der Waals surface area contributed by atoms with Crippen molar-refractivity contribution >= 4 is 11.8 Å². The molecule has 0 saturated carbocycles. The minimum absolute atomic E-state index is 0.0295. The second-order valence-corrected chi connectivity index (χ2v) is 2.68. The highest BCUT2D eigenvalue weighted by atomic mass is 19.4. The van der Waals surface area contributed by atoms with Crippen LogP contribution in [0.15, 0.2) is 29.3 Å². The molecule has 0 fully saturated rings. The van der Waals surface area contributed by atoms with E-state index in [0.717, 1.165) is 12.1 Å². The zero-order chi connectivity index (χ0) is 12.2. The molecule has 0 N–H and O–H groups in total. The van der Waals surface area contributed by atoms with E-state index in [2.05, 4.69) is 9.73 Å². The van der Waals surface area contributed by atoms with Crippen LogP contribution in [-0.2, 0) is 4.79 Å². The SMILES string of the molecule is O=C=Nc1cccc(OC(F)C(F)(F)F)c1. The van der Waals surface area contributed by atoms with Crippen LogP contribution in [0.5, 0.6) is 5.75 Å². The van der Waals surface area contributed by atoms with Gasteiger partial charge in [0.2, 0.25) is 6.08 Å². The molecule has 0 radical (unpaired) electrons. The average molecular weight is 235 g/mol. The third kappa shape index (κ3) is 3.36. The Balaban J connectivity index is 2.82. The van der Waals surface area contributed by atoms with E-state index < -0.39 is 12.5 Å². The maximum Gasteiger partial charge on any atom is 0.457 e. The maximum absolute atomic E-state index is 12.5. The summed E-state index contributed by atoms with van der Waals surface area (Å²) >= 11 is 0. The number of rotatable bonds is 3. The summed E-state index contributed by atoms with van der Waals surface area (Å²) in [5.41, 5.74) is 0.0295. The van der Waals surface area contributed by atoms with Gasteiger partial charge in [-0.25, -0.2) is 4.79 Å². The number of ether oxygens (including phenoxy) is 1. The minimum atomic E-state index is -5.09. The first-order valence-corrected chi connectivity index (χ1v) is 3.99. The molecule has 16 heavy (non-hydrogen) atoms. The molecule has 3 nitrogen and oxygen atoms in total. The lowest BCUT2D eigenvalue weighted by molar-refractivity contribution is -0.236. The van der Waals surface area contributed by atoms with Gasteiger partial charge in [-0.1, -0.05) is 6.07 Å². The van der Waals surface area contributed by atoms with Crippen LogP contribution in [0.4, 0.5) is 23.2 Å². The van der Waals surface area contributed by atoms with Crippen molar-refractivity contribution in [2.24, 2.45) is 4.99 Å². The van der Waals surface area contributed by atoms with Crippen LogP contribution in [0.2, 0.25) is 0 Å². The second-order valence-electron chi connectivity index (χ2n) is 2.68. The lowest BCUT2D eigenvalue weighted by Crippen LogP contribution is -2.29. The zero-order valence-corrected chi connectivity index (χ0v) is 7.66. The fourth-order valence-corrected chi connectivity index (χ4v) is 0.865. The van der Waals surface area contributed by atoms with Gasteiger partial charge in [0.25, 0.3) is 0 Å². The number of isocyanates is 1. The van der Waals surface area contributed by atoms with Gasteiger partial charge in [0.05, 0.1) is 5.69 Å². The Morgan fingerprint density at radius 1 is 1.38 bits per heavy atom. The number of aliphatic imine (C=N–C) groups is 1. The molecule has 1 aromatic carbocycles. The molecule has 0 saturated heterocycles. The van der Waals surface area contributed by atoms with Gasteiger partial charge in [0.15, 0.2) is 0 Å². The van der Waals surface area contributed by atoms with Crippen molar-refractivity contribution in [2.75, 3.05) is 0 Å². The van der Waals surface area contributed by atoms with Crippen LogP contribution in [0.1, 0.15) is 0 Å². The van der Waals surface area contributed by atoms with Crippen molar-refractivity contribution in [3.8, 4) is 5.75 Å². The van der Waals surface area contributed by atoms with Crippen molar-refractivity contribution in [1.29, 1.82) is 0 Å². The third-order valence-electron chi connectivity index (χ3n) is 1.49. The fourth-order valence-electron chi connectivity index (χ4n) is 0.865. The van der Waals surface area contributed by atoms with Crippen LogP contribution in [0, 0.1) is 0 Å². The van der Waals surface area contributed by atoms with Gasteiger partial charge in [0, 0.05) is 6.07 Å². The van der Waals surface area contributed by atoms with Crippen molar-refractivity contribution in [3.05, 3.63) is 24.3 Å². The highest BCUT2D eigenvalue weighted by Gasteiger charge is 2.42. The number of halogens is 4. The number of alkyl halides is 4. The summed E-state index contributed by atoms with van der Waals surface area (Å²) in [4.78, 5) is 13.0. The number of nitrogens with zero attached hydrogens (tertiary/aromatic N) is 1. The molecule has 0 amide bonds. The fraction of sp³-hybridized carbons (Fsp3) is 0.222. The van der Waals surface area contributed by atoms with E-state index in [-0.39, 0.29) is 11.4 Å². The topological polar surface area (TPSA) is 38.7 Å². The average Bonchev–Trinajstić information content (AvgIpc) is 2.17. The molecule has 0 aliphatic carbocycles. The van der Waals surface area contributed by atoms with Crippen molar-refractivity contribution < 1.29 is 27.1 Å². The van der Waals surface area contributed by atoms with Gasteiger partial charge in [-0.3, -0.25) is 0 Å². The van der Waals surface area contributed by atoms with E-state index in [4.69, 9.17) is 0 Å². The molecule has 0 heterocycles. The van der Waals surface area contributed by atoms with Crippen molar-refractivity contribution in [1.82, 2.24) is 0 Å². The van der Waals surface area contributed by atoms with E-state index in [1.54, 1.807) is 0 Å². The highest BCUT2D eigenvalue weighted by Crippen LogP contribution is 2.27. The summed E-state index contributed by atoms with van der Waals surface area (Å²) < 4.78 is 51.8. The van der Waals surface area contributed by atoms with Crippen molar-refractivity contribution in [3.63, 3.8) is 0 Å². The van der Waals surface area contributed by atoms with Gasteiger partial charge in [-0.05, 0) is 12.1 Å². The summed E-state index contributed by atoms with van der Waals surface area (Å²) in [5.74, 6) is -0.374. The third-order valence-corrected chi connectivity index (χ3v) is 1.49. The number of benzene rings is 1. The Labute approximate surface area is 87.4 Å². The smallest absolute Gasteiger partial charge is 0.452 e. The van der Waals surface area contributed by atoms with Crippen LogP contribution < -0.4 is 4.74 Å². The van der Waals surface area contributed by atoms with Crippen LogP contribution in [0.25, 0.3) is 0 Å². The van der Waals surface area contributed by atoms with Crippen LogP contribution in [0.3, 0.4) is 0 Å². The number of carbonyl (C=O) groups excluding carboxylic acids is 1. The normalized spacial score (nSPS) is 12.8. The summed E-state index contributed by atoms with van der Waals surface area (Å²) in [7, 11) is 0. The second kappa shape index (κ2) is 4.76. The first kappa shape index (κ1) is 12.2. The Bertz CT molecular complexity index is 412. The lowest BCUT2D eigenvalue weighted by Gasteiger charge is -2.14. The van der Waals surface area contributed by atoms with Gasteiger partial charge in [-0.2, -0.15) is 22.6 Å². The quantitative estimate of drug-likeness (QED) is 0.459. The molecule has 0 bridgehead atoms. The van der Waals surface area contributed by atoms with E-state index in [1.807, 2.05) is 0 Å². The number of hydrogen-bond donors (Lipinski definition) is 0. The molecule has 0 spiro atoms. The highest BCUT2D eigenvalue weighted by molar-refractivity contribution is 5.51. The Morgan fingerprint density at radius 3 is 2.62 bits per heavy atom. The molecule has 0 aromatic heterocycles. The molecule has 1 atom stereocenters. The van der Waals surface area contributed by atoms with Crippen LogP contribution >= 0.6 is 0 Å². The van der Waals surface area contributed by atoms with Gasteiger partial charge >= 0.3 is 12.5 Å². The van der Waals surface area contributed by atoms with E-state index in [0.29, 0.717) is 0 Å². The molecule has 0 aliphatic heterocycles. The summed E-state index contributed by atoms with van der Waals surface area (Å²) in [6, 6.07) is 4.71. The summed E-state index contributed by atoms with van der Waals surface area (Å²) in [6.07, 6.45) is -7.31. The Hall–Kier alpha value is -1.88. The van der Waals surface area contributed by atoms with Crippen molar-refractivity contribution in [2.45, 2.75) is 12.5 Å². The first-order chi connectivity index (χ1) is 7.43. The summed E-state index contributed by atoms with van der Waals surface area (Å²) in [5, 5.41) is 0. The lowest BCUT2D eigenvalue weighted by atomic mass is 10.3. The maximum atomic E-state index is 12.5. The molecule has 7 heteroatoms. The van der Waals surface area contributed by atoms with E-state index in [1.165, 1.54) is 18.2 Å². The molecule has 86 valence electrons. The standard InChI is InChI=1S/C9H5F4NO2/c10-8(9(11,12)13)16-7-3-1-2-6(4-7)14-5-15/h1-4,8H. The van der Waals surface area contributed by atoms with E-state index >= 15 is 0 Å². The number of hydrogen-bond acceptors (Lipinski definition) is 3. The largest absolute Gasteiger partial charge is 0.457 e. The summed E-state index contributed by atoms with van der Waals surface area (Å²) in [6.45, 7) is 0. The Kier molecular flexibility index (Phi) is 3.63. The molecule has 1 unspecified atom stereocenters. The van der Waals surface area contributed by atoms with E-state index in [9.17, 15) is 22.4 Å². The molecular formula is C9H5F4NO2.